The normalized spacial score (nSPS) is 13.2. The van der Waals surface area contributed by atoms with Crippen LogP contribution in [0.3, 0.4) is 0 Å². The highest BCUT2D eigenvalue weighted by atomic mass is 16.5. The molecule has 1 N–H and O–H groups in total. The van der Waals surface area contributed by atoms with Crippen LogP contribution in [0.25, 0.3) is 0 Å². The number of aromatic nitrogens is 2. The molecule has 0 aliphatic rings. The molecular weight excluding hydrogens is 226 g/mol. The molecule has 0 aliphatic heterocycles. The second-order valence-electron chi connectivity index (χ2n) is 4.67. The van der Waals surface area contributed by atoms with Crippen molar-refractivity contribution in [2.75, 3.05) is 20.3 Å². The summed E-state index contributed by atoms with van der Waals surface area (Å²) in [7, 11) is 1.74. The third-order valence-corrected chi connectivity index (χ3v) is 3.30. The maximum Gasteiger partial charge on any atom is 0.0641 e. The number of nitrogens with one attached hydrogen (secondary N) is 1. The van der Waals surface area contributed by atoms with E-state index < -0.39 is 0 Å². The molecule has 0 aromatic carbocycles. The number of hydrogen-bond donors (Lipinski definition) is 1. The van der Waals surface area contributed by atoms with E-state index >= 15 is 0 Å². The lowest BCUT2D eigenvalue weighted by atomic mass is 10.1. The summed E-state index contributed by atoms with van der Waals surface area (Å²) < 4.78 is 7.33. The topological polar surface area (TPSA) is 39.1 Å². The Kier molecular flexibility index (Phi) is 6.98. The molecule has 1 rings (SSSR count). The lowest BCUT2D eigenvalue weighted by molar-refractivity contribution is 0.166. The Balaban J connectivity index is 2.61. The lowest BCUT2D eigenvalue weighted by Crippen LogP contribution is -2.35. The number of rotatable bonds is 9. The summed E-state index contributed by atoms with van der Waals surface area (Å²) >= 11 is 0. The Morgan fingerprint density at radius 1 is 1.33 bits per heavy atom. The van der Waals surface area contributed by atoms with E-state index in [-0.39, 0.29) is 0 Å². The van der Waals surface area contributed by atoms with Gasteiger partial charge >= 0.3 is 0 Å². The molecule has 0 spiro atoms. The highest BCUT2D eigenvalue weighted by Crippen LogP contribution is 2.15. The van der Waals surface area contributed by atoms with Gasteiger partial charge in [-0.3, -0.25) is 4.68 Å². The van der Waals surface area contributed by atoms with Gasteiger partial charge in [-0.2, -0.15) is 5.10 Å². The fourth-order valence-corrected chi connectivity index (χ4v) is 2.28. The van der Waals surface area contributed by atoms with Crippen LogP contribution in [0.4, 0.5) is 0 Å². The van der Waals surface area contributed by atoms with Crippen molar-refractivity contribution in [2.45, 2.75) is 52.1 Å². The zero-order valence-electron chi connectivity index (χ0n) is 12.1. The molecule has 104 valence electrons. The van der Waals surface area contributed by atoms with E-state index in [4.69, 9.17) is 4.74 Å². The minimum atomic E-state index is 0.352. The zero-order chi connectivity index (χ0) is 13.4. The smallest absolute Gasteiger partial charge is 0.0641 e. The van der Waals surface area contributed by atoms with Crippen molar-refractivity contribution in [2.24, 2.45) is 0 Å². The second kappa shape index (κ2) is 8.27. The van der Waals surface area contributed by atoms with Gasteiger partial charge in [0.15, 0.2) is 0 Å². The predicted octanol–water partition coefficient (Wildman–Crippen LogP) is 2.41. The number of ether oxygens (including phenoxy) is 1. The average molecular weight is 253 g/mol. The Bertz CT molecular complexity index is 315. The first kappa shape index (κ1) is 15.2. The zero-order valence-corrected chi connectivity index (χ0v) is 12.1. The van der Waals surface area contributed by atoms with Crippen LogP contribution in [-0.4, -0.2) is 36.1 Å². The predicted molar refractivity (Wildman–Crippen MR) is 74.9 cm³/mol. The van der Waals surface area contributed by atoms with Crippen LogP contribution < -0.4 is 5.32 Å². The quantitative estimate of drug-likeness (QED) is 0.734. The van der Waals surface area contributed by atoms with E-state index in [1.807, 2.05) is 0 Å². The Morgan fingerprint density at radius 3 is 2.61 bits per heavy atom. The molecule has 0 saturated heterocycles. The molecule has 0 aliphatic carbocycles. The Labute approximate surface area is 111 Å². The Morgan fingerprint density at radius 2 is 2.06 bits per heavy atom. The van der Waals surface area contributed by atoms with Gasteiger partial charge in [-0.15, -0.1) is 0 Å². The van der Waals surface area contributed by atoms with Crippen LogP contribution >= 0.6 is 0 Å². The minimum Gasteiger partial charge on any atom is -0.383 e. The van der Waals surface area contributed by atoms with Crippen LogP contribution in [0.2, 0.25) is 0 Å². The SMILES string of the molecule is CCNC(COC)Cc1ccn(C(CC)CC)n1. The molecule has 4 nitrogen and oxygen atoms in total. The van der Waals surface area contributed by atoms with Crippen LogP contribution in [0.15, 0.2) is 12.3 Å². The summed E-state index contributed by atoms with van der Waals surface area (Å²) in [5.74, 6) is 0. The van der Waals surface area contributed by atoms with Gasteiger partial charge in [0, 0.05) is 25.8 Å². The number of methoxy groups -OCH3 is 1. The fourth-order valence-electron chi connectivity index (χ4n) is 2.28. The summed E-state index contributed by atoms with van der Waals surface area (Å²) in [5.41, 5.74) is 1.14. The molecule has 18 heavy (non-hydrogen) atoms. The molecule has 0 bridgehead atoms. The van der Waals surface area contributed by atoms with E-state index in [1.165, 1.54) is 0 Å². The van der Waals surface area contributed by atoms with Gasteiger partial charge in [-0.1, -0.05) is 20.8 Å². The van der Waals surface area contributed by atoms with Gasteiger partial charge in [0.25, 0.3) is 0 Å². The van der Waals surface area contributed by atoms with Gasteiger partial charge in [0.1, 0.15) is 0 Å². The van der Waals surface area contributed by atoms with Crippen molar-refractivity contribution in [3.63, 3.8) is 0 Å². The summed E-state index contributed by atoms with van der Waals surface area (Å²) in [6.07, 6.45) is 5.29. The van der Waals surface area contributed by atoms with Gasteiger partial charge in [0.05, 0.1) is 18.3 Å². The maximum absolute atomic E-state index is 5.23. The summed E-state index contributed by atoms with van der Waals surface area (Å²) in [6, 6.07) is 3.00. The first-order chi connectivity index (χ1) is 8.74. The molecule has 1 atom stereocenters. The molecule has 0 amide bonds. The largest absolute Gasteiger partial charge is 0.383 e. The van der Waals surface area contributed by atoms with Crippen LogP contribution in [-0.2, 0) is 11.2 Å². The molecule has 1 aromatic rings. The molecule has 0 radical (unpaired) electrons. The highest BCUT2D eigenvalue weighted by Gasteiger charge is 2.12. The summed E-state index contributed by atoms with van der Waals surface area (Å²) in [4.78, 5) is 0. The number of likely N-dealkylation sites (N-methyl/N-ethyl adjacent to an activating group) is 1. The molecular formula is C14H27N3O. The third-order valence-electron chi connectivity index (χ3n) is 3.30. The monoisotopic (exact) mass is 253 g/mol. The minimum absolute atomic E-state index is 0.352. The van der Waals surface area contributed by atoms with Gasteiger partial charge in [-0.05, 0) is 25.5 Å². The maximum atomic E-state index is 5.23. The average Bonchev–Trinajstić information content (AvgIpc) is 2.80. The van der Waals surface area contributed by atoms with Gasteiger partial charge in [0.2, 0.25) is 0 Å². The van der Waals surface area contributed by atoms with Crippen molar-refractivity contribution in [1.29, 1.82) is 0 Å². The molecule has 4 heteroatoms. The van der Waals surface area contributed by atoms with Crippen molar-refractivity contribution < 1.29 is 4.74 Å². The van der Waals surface area contributed by atoms with E-state index in [0.717, 1.165) is 38.1 Å². The third kappa shape index (κ3) is 4.42. The van der Waals surface area contributed by atoms with Crippen LogP contribution in [0.5, 0.6) is 0 Å². The fraction of sp³-hybridized carbons (Fsp3) is 0.786. The van der Waals surface area contributed by atoms with E-state index in [0.29, 0.717) is 12.1 Å². The highest BCUT2D eigenvalue weighted by molar-refractivity contribution is 5.02. The summed E-state index contributed by atoms with van der Waals surface area (Å²) in [5, 5.41) is 8.10. The standard InChI is InChI=1S/C14H27N3O/c1-5-14(6-2)17-9-8-12(16-17)10-13(11-18-4)15-7-3/h8-9,13-15H,5-7,10-11H2,1-4H3. The molecule has 1 heterocycles. The molecule has 0 fully saturated rings. The van der Waals surface area contributed by atoms with E-state index in [1.54, 1.807) is 7.11 Å². The van der Waals surface area contributed by atoms with Crippen molar-refractivity contribution in [1.82, 2.24) is 15.1 Å². The first-order valence-corrected chi connectivity index (χ1v) is 7.01. The number of nitrogens with zero attached hydrogens (tertiary/aromatic N) is 2. The Hall–Kier alpha value is -0.870. The van der Waals surface area contributed by atoms with Crippen molar-refractivity contribution in [3.8, 4) is 0 Å². The van der Waals surface area contributed by atoms with Gasteiger partial charge in [-0.25, -0.2) is 0 Å². The first-order valence-electron chi connectivity index (χ1n) is 7.01. The van der Waals surface area contributed by atoms with E-state index in [2.05, 4.69) is 48.1 Å². The molecule has 1 aromatic heterocycles. The van der Waals surface area contributed by atoms with Crippen molar-refractivity contribution >= 4 is 0 Å². The lowest BCUT2D eigenvalue weighted by Gasteiger charge is -2.16. The van der Waals surface area contributed by atoms with Crippen LogP contribution in [0, 0.1) is 0 Å². The summed E-state index contributed by atoms with van der Waals surface area (Å²) in [6.45, 7) is 8.22. The van der Waals surface area contributed by atoms with Crippen LogP contribution in [0.1, 0.15) is 45.3 Å². The van der Waals surface area contributed by atoms with Gasteiger partial charge < -0.3 is 10.1 Å². The van der Waals surface area contributed by atoms with E-state index in [9.17, 15) is 0 Å². The second-order valence-corrected chi connectivity index (χ2v) is 4.67. The molecule has 1 unspecified atom stereocenters. The van der Waals surface area contributed by atoms with Crippen molar-refractivity contribution in [3.05, 3.63) is 18.0 Å². The molecule has 0 saturated carbocycles. The number of hydrogen-bond acceptors (Lipinski definition) is 3.